The van der Waals surface area contributed by atoms with Crippen LogP contribution in [0.25, 0.3) is 0 Å². The lowest BCUT2D eigenvalue weighted by molar-refractivity contribution is -0.0529. The summed E-state index contributed by atoms with van der Waals surface area (Å²) in [6, 6.07) is 5.75. The third-order valence-electron chi connectivity index (χ3n) is 3.80. The molecule has 1 aliphatic heterocycles. The van der Waals surface area contributed by atoms with E-state index >= 15 is 0 Å². The van der Waals surface area contributed by atoms with E-state index in [-0.39, 0.29) is 11.9 Å². The molecule has 1 N–H and O–H groups in total. The molecule has 2 atom stereocenters. The molecule has 0 saturated carbocycles. The summed E-state index contributed by atoms with van der Waals surface area (Å²) in [7, 11) is 0. The fourth-order valence-corrected chi connectivity index (χ4v) is 2.54. The Bertz CT molecular complexity index is 438. The Labute approximate surface area is 121 Å². The van der Waals surface area contributed by atoms with Crippen molar-refractivity contribution >= 4 is 0 Å². The van der Waals surface area contributed by atoms with E-state index in [9.17, 15) is 4.39 Å². The third kappa shape index (κ3) is 4.01. The lowest BCUT2D eigenvalue weighted by Crippen LogP contribution is -2.46. The summed E-state index contributed by atoms with van der Waals surface area (Å²) in [4.78, 5) is 2.30. The van der Waals surface area contributed by atoms with Crippen LogP contribution in [-0.2, 0) is 17.8 Å². The number of hydrogen-bond acceptors (Lipinski definition) is 3. The zero-order valence-corrected chi connectivity index (χ0v) is 12.7. The van der Waals surface area contributed by atoms with Crippen molar-refractivity contribution in [1.82, 2.24) is 10.2 Å². The fraction of sp³-hybridized carbons (Fsp3) is 0.625. The molecular weight excluding hydrogens is 255 g/mol. The zero-order chi connectivity index (χ0) is 14.5. The monoisotopic (exact) mass is 280 g/mol. The van der Waals surface area contributed by atoms with Crippen molar-refractivity contribution in [2.45, 2.75) is 46.0 Å². The molecule has 0 bridgehead atoms. The lowest BCUT2D eigenvalue weighted by Gasteiger charge is -2.36. The van der Waals surface area contributed by atoms with Crippen molar-refractivity contribution in [3.63, 3.8) is 0 Å². The molecule has 2 rings (SSSR count). The second kappa shape index (κ2) is 7.16. The van der Waals surface area contributed by atoms with Crippen LogP contribution in [0.4, 0.5) is 4.39 Å². The van der Waals surface area contributed by atoms with E-state index in [1.54, 1.807) is 6.07 Å². The SMILES string of the molecule is CCNCc1ccc(F)c(CN2CC(C)OCC2C)c1. The van der Waals surface area contributed by atoms with Gasteiger partial charge in [-0.25, -0.2) is 4.39 Å². The summed E-state index contributed by atoms with van der Waals surface area (Å²) in [6.45, 7) is 10.2. The van der Waals surface area contributed by atoms with Crippen molar-refractivity contribution < 1.29 is 9.13 Å². The van der Waals surface area contributed by atoms with E-state index in [1.165, 1.54) is 0 Å². The van der Waals surface area contributed by atoms with Gasteiger partial charge in [-0.1, -0.05) is 19.1 Å². The van der Waals surface area contributed by atoms with Gasteiger partial charge in [-0.05, 0) is 32.0 Å². The molecule has 0 spiro atoms. The Morgan fingerprint density at radius 2 is 2.20 bits per heavy atom. The number of ether oxygens (including phenoxy) is 1. The van der Waals surface area contributed by atoms with Gasteiger partial charge < -0.3 is 10.1 Å². The molecule has 112 valence electrons. The zero-order valence-electron chi connectivity index (χ0n) is 12.7. The van der Waals surface area contributed by atoms with Crippen molar-refractivity contribution in [2.75, 3.05) is 19.7 Å². The van der Waals surface area contributed by atoms with Crippen molar-refractivity contribution in [3.8, 4) is 0 Å². The Kier molecular flexibility index (Phi) is 5.52. The molecular formula is C16H25FN2O. The van der Waals surface area contributed by atoms with Gasteiger partial charge in [0.15, 0.2) is 0 Å². The predicted molar refractivity (Wildman–Crippen MR) is 79.1 cm³/mol. The third-order valence-corrected chi connectivity index (χ3v) is 3.80. The molecule has 1 saturated heterocycles. The van der Waals surface area contributed by atoms with E-state index < -0.39 is 0 Å². The van der Waals surface area contributed by atoms with Gasteiger partial charge in [-0.15, -0.1) is 0 Å². The minimum absolute atomic E-state index is 0.114. The highest BCUT2D eigenvalue weighted by molar-refractivity contribution is 5.25. The average Bonchev–Trinajstić information content (AvgIpc) is 2.43. The number of morpholine rings is 1. The summed E-state index contributed by atoms with van der Waals surface area (Å²) in [6.07, 6.45) is 0.221. The Hall–Kier alpha value is -0.970. The van der Waals surface area contributed by atoms with Crippen LogP contribution in [0.1, 0.15) is 31.9 Å². The first-order valence-corrected chi connectivity index (χ1v) is 7.43. The van der Waals surface area contributed by atoms with Gasteiger partial charge in [0.05, 0.1) is 12.7 Å². The van der Waals surface area contributed by atoms with Gasteiger partial charge in [-0.3, -0.25) is 4.90 Å². The van der Waals surface area contributed by atoms with Crippen LogP contribution in [0.5, 0.6) is 0 Å². The van der Waals surface area contributed by atoms with Gasteiger partial charge in [0, 0.05) is 31.2 Å². The summed E-state index contributed by atoms with van der Waals surface area (Å²) in [5.41, 5.74) is 1.92. The fourth-order valence-electron chi connectivity index (χ4n) is 2.54. The van der Waals surface area contributed by atoms with Crippen molar-refractivity contribution in [1.29, 1.82) is 0 Å². The maximum atomic E-state index is 14.0. The van der Waals surface area contributed by atoms with Gasteiger partial charge in [0.2, 0.25) is 0 Å². The van der Waals surface area contributed by atoms with Crippen LogP contribution in [0.15, 0.2) is 18.2 Å². The van der Waals surface area contributed by atoms with Gasteiger partial charge >= 0.3 is 0 Å². The number of rotatable bonds is 5. The van der Waals surface area contributed by atoms with Gasteiger partial charge in [-0.2, -0.15) is 0 Å². The largest absolute Gasteiger partial charge is 0.376 e. The molecule has 0 aliphatic carbocycles. The van der Waals surface area contributed by atoms with Crippen LogP contribution in [0.2, 0.25) is 0 Å². The van der Waals surface area contributed by atoms with Gasteiger partial charge in [0.1, 0.15) is 5.82 Å². The first-order valence-electron chi connectivity index (χ1n) is 7.43. The second-order valence-corrected chi connectivity index (χ2v) is 5.63. The smallest absolute Gasteiger partial charge is 0.127 e. The molecule has 1 fully saturated rings. The van der Waals surface area contributed by atoms with Crippen LogP contribution in [0, 0.1) is 5.82 Å². The number of nitrogens with zero attached hydrogens (tertiary/aromatic N) is 1. The number of hydrogen-bond donors (Lipinski definition) is 1. The molecule has 20 heavy (non-hydrogen) atoms. The first kappa shape index (κ1) is 15.4. The minimum atomic E-state index is -0.114. The van der Waals surface area contributed by atoms with E-state index in [4.69, 9.17) is 4.74 Å². The van der Waals surface area contributed by atoms with Gasteiger partial charge in [0.25, 0.3) is 0 Å². The highest BCUT2D eigenvalue weighted by Crippen LogP contribution is 2.18. The molecule has 2 unspecified atom stereocenters. The van der Waals surface area contributed by atoms with Crippen molar-refractivity contribution in [2.24, 2.45) is 0 Å². The van der Waals surface area contributed by atoms with Crippen LogP contribution < -0.4 is 5.32 Å². The maximum absolute atomic E-state index is 14.0. The molecule has 0 amide bonds. The van der Waals surface area contributed by atoms with Crippen LogP contribution >= 0.6 is 0 Å². The summed E-state index contributed by atoms with van der Waals surface area (Å²) in [5, 5.41) is 3.27. The highest BCUT2D eigenvalue weighted by atomic mass is 19.1. The topological polar surface area (TPSA) is 24.5 Å². The molecule has 3 nitrogen and oxygen atoms in total. The van der Waals surface area contributed by atoms with Crippen LogP contribution in [-0.4, -0.2) is 36.7 Å². The Morgan fingerprint density at radius 1 is 1.40 bits per heavy atom. The molecule has 1 heterocycles. The standard InChI is InChI=1S/C16H25FN2O/c1-4-18-8-14-5-6-16(17)15(7-14)10-19-9-13(3)20-11-12(19)2/h5-7,12-13,18H,4,8-11H2,1-3H3. The molecule has 0 aromatic heterocycles. The number of benzene rings is 1. The summed E-state index contributed by atoms with van der Waals surface area (Å²) >= 11 is 0. The van der Waals surface area contributed by atoms with Crippen LogP contribution in [0.3, 0.4) is 0 Å². The first-order chi connectivity index (χ1) is 9.60. The normalized spacial score (nSPS) is 24.0. The quantitative estimate of drug-likeness (QED) is 0.897. The predicted octanol–water partition coefficient (Wildman–Crippen LogP) is 2.54. The van der Waals surface area contributed by atoms with E-state index in [0.29, 0.717) is 12.6 Å². The molecule has 1 aromatic carbocycles. The molecule has 1 aliphatic rings. The van der Waals surface area contributed by atoms with E-state index in [2.05, 4.69) is 31.0 Å². The Balaban J connectivity index is 2.07. The maximum Gasteiger partial charge on any atom is 0.127 e. The second-order valence-electron chi connectivity index (χ2n) is 5.63. The minimum Gasteiger partial charge on any atom is -0.376 e. The Morgan fingerprint density at radius 3 is 2.95 bits per heavy atom. The number of nitrogens with one attached hydrogen (secondary N) is 1. The summed E-state index contributed by atoms with van der Waals surface area (Å²) < 4.78 is 19.6. The van der Waals surface area contributed by atoms with E-state index in [1.807, 2.05) is 12.1 Å². The lowest BCUT2D eigenvalue weighted by atomic mass is 10.1. The number of halogens is 1. The highest BCUT2D eigenvalue weighted by Gasteiger charge is 2.24. The molecule has 1 aromatic rings. The summed E-state index contributed by atoms with van der Waals surface area (Å²) in [5.74, 6) is -0.114. The van der Waals surface area contributed by atoms with Crippen molar-refractivity contribution in [3.05, 3.63) is 35.1 Å². The van der Waals surface area contributed by atoms with E-state index in [0.717, 1.165) is 37.4 Å². The average molecular weight is 280 g/mol. The molecule has 4 heteroatoms. The molecule has 0 radical (unpaired) electrons.